The summed E-state index contributed by atoms with van der Waals surface area (Å²) in [6, 6.07) is 3.91. The summed E-state index contributed by atoms with van der Waals surface area (Å²) in [7, 11) is 0. The zero-order valence-electron chi connectivity index (χ0n) is 9.07. The van der Waals surface area contributed by atoms with Gasteiger partial charge in [-0.1, -0.05) is 6.92 Å². The van der Waals surface area contributed by atoms with Crippen LogP contribution in [0.1, 0.15) is 19.8 Å². The van der Waals surface area contributed by atoms with Gasteiger partial charge in [0.15, 0.2) is 5.65 Å². The molecular formula is C11H13BrN4. The van der Waals surface area contributed by atoms with Crippen molar-refractivity contribution in [2.75, 3.05) is 11.9 Å². The van der Waals surface area contributed by atoms with Crippen molar-refractivity contribution in [2.45, 2.75) is 19.8 Å². The number of nitrogens with zero attached hydrogens (tertiary/aromatic N) is 3. The van der Waals surface area contributed by atoms with Crippen molar-refractivity contribution in [3.8, 4) is 0 Å². The van der Waals surface area contributed by atoms with Crippen LogP contribution in [0.5, 0.6) is 0 Å². The summed E-state index contributed by atoms with van der Waals surface area (Å²) < 4.78 is 2.78. The van der Waals surface area contributed by atoms with Crippen LogP contribution in [0.15, 0.2) is 22.8 Å². The van der Waals surface area contributed by atoms with E-state index in [0.29, 0.717) is 11.4 Å². The van der Waals surface area contributed by atoms with E-state index in [9.17, 15) is 0 Å². The van der Waals surface area contributed by atoms with Crippen molar-refractivity contribution in [1.82, 2.24) is 14.6 Å². The van der Waals surface area contributed by atoms with Crippen molar-refractivity contribution in [3.05, 3.63) is 22.8 Å². The highest BCUT2D eigenvalue weighted by molar-refractivity contribution is 9.10. The van der Waals surface area contributed by atoms with Gasteiger partial charge < -0.3 is 5.32 Å². The lowest BCUT2D eigenvalue weighted by molar-refractivity contribution is 0.607. The fraction of sp³-hybridized carbons (Fsp3) is 0.455. The topological polar surface area (TPSA) is 42.2 Å². The number of fused-ring (bicyclic) bond motifs is 1. The fourth-order valence-electron chi connectivity index (χ4n) is 1.62. The summed E-state index contributed by atoms with van der Waals surface area (Å²) in [5.74, 6) is 0.714. The third-order valence-electron chi connectivity index (χ3n) is 3.07. The van der Waals surface area contributed by atoms with Crippen molar-refractivity contribution < 1.29 is 0 Å². The van der Waals surface area contributed by atoms with Crippen LogP contribution in [0, 0.1) is 5.41 Å². The van der Waals surface area contributed by atoms with E-state index in [2.05, 4.69) is 38.3 Å². The van der Waals surface area contributed by atoms with Gasteiger partial charge in [-0.15, -0.1) is 5.10 Å². The van der Waals surface area contributed by atoms with E-state index in [1.54, 1.807) is 4.52 Å². The van der Waals surface area contributed by atoms with Crippen LogP contribution in [0.4, 0.5) is 5.95 Å². The van der Waals surface area contributed by atoms with Crippen molar-refractivity contribution in [1.29, 1.82) is 0 Å². The number of pyridine rings is 1. The minimum absolute atomic E-state index is 0.470. The molecule has 2 aromatic heterocycles. The zero-order valence-corrected chi connectivity index (χ0v) is 10.7. The van der Waals surface area contributed by atoms with Gasteiger partial charge in [0.25, 0.3) is 0 Å². The highest BCUT2D eigenvalue weighted by atomic mass is 79.9. The predicted octanol–water partition coefficient (Wildman–Crippen LogP) is 2.70. The van der Waals surface area contributed by atoms with Gasteiger partial charge in [-0.05, 0) is 46.3 Å². The Morgan fingerprint density at radius 3 is 3.06 bits per heavy atom. The molecule has 1 aliphatic rings. The van der Waals surface area contributed by atoms with E-state index in [4.69, 9.17) is 0 Å². The van der Waals surface area contributed by atoms with Crippen LogP contribution in [0.2, 0.25) is 0 Å². The van der Waals surface area contributed by atoms with Crippen LogP contribution in [-0.4, -0.2) is 21.1 Å². The van der Waals surface area contributed by atoms with Gasteiger partial charge in [-0.3, -0.25) is 0 Å². The molecule has 4 nitrogen and oxygen atoms in total. The summed E-state index contributed by atoms with van der Waals surface area (Å²) in [5, 5.41) is 7.67. The molecule has 0 amide bonds. The van der Waals surface area contributed by atoms with Crippen LogP contribution in [0.3, 0.4) is 0 Å². The van der Waals surface area contributed by atoms with Gasteiger partial charge in [0.05, 0.1) is 0 Å². The molecule has 0 radical (unpaired) electrons. The first kappa shape index (κ1) is 10.1. The van der Waals surface area contributed by atoms with Crippen molar-refractivity contribution >= 4 is 27.5 Å². The maximum Gasteiger partial charge on any atom is 0.243 e. The van der Waals surface area contributed by atoms with Gasteiger partial charge in [-0.25, -0.2) is 4.52 Å². The molecule has 0 spiro atoms. The Hall–Kier alpha value is -1.10. The number of anilines is 1. The van der Waals surface area contributed by atoms with Crippen LogP contribution >= 0.6 is 15.9 Å². The normalized spacial score (nSPS) is 17.6. The number of aromatic nitrogens is 3. The van der Waals surface area contributed by atoms with E-state index in [-0.39, 0.29) is 0 Å². The molecule has 1 fully saturated rings. The van der Waals surface area contributed by atoms with E-state index < -0.39 is 0 Å². The molecule has 0 bridgehead atoms. The molecule has 2 heterocycles. The number of halogens is 1. The SMILES string of the molecule is CC1(CNc2nc3ccc(Br)cn3n2)CC1. The molecule has 0 atom stereocenters. The third kappa shape index (κ3) is 1.91. The molecule has 3 rings (SSSR count). The molecule has 2 aromatic rings. The van der Waals surface area contributed by atoms with Crippen LogP contribution in [-0.2, 0) is 0 Å². The smallest absolute Gasteiger partial charge is 0.243 e. The van der Waals surface area contributed by atoms with E-state index >= 15 is 0 Å². The van der Waals surface area contributed by atoms with Gasteiger partial charge in [0.2, 0.25) is 5.95 Å². The van der Waals surface area contributed by atoms with E-state index in [0.717, 1.165) is 16.7 Å². The number of hydrogen-bond acceptors (Lipinski definition) is 3. The van der Waals surface area contributed by atoms with Crippen molar-refractivity contribution in [3.63, 3.8) is 0 Å². The zero-order chi connectivity index (χ0) is 11.2. The average molecular weight is 281 g/mol. The maximum atomic E-state index is 4.40. The Balaban J connectivity index is 1.82. The monoisotopic (exact) mass is 280 g/mol. The summed E-state index contributed by atoms with van der Waals surface area (Å²) in [4.78, 5) is 4.40. The summed E-state index contributed by atoms with van der Waals surface area (Å²) in [6.07, 6.45) is 4.52. The second-order valence-corrected chi connectivity index (χ2v) is 5.67. The molecule has 1 N–H and O–H groups in total. The molecule has 0 aliphatic heterocycles. The average Bonchev–Trinajstić information content (AvgIpc) is 2.85. The van der Waals surface area contributed by atoms with E-state index in [1.807, 2.05) is 18.3 Å². The number of rotatable bonds is 3. The minimum atomic E-state index is 0.470. The maximum absolute atomic E-state index is 4.40. The number of nitrogens with one attached hydrogen (secondary N) is 1. The van der Waals surface area contributed by atoms with Gasteiger partial charge in [0.1, 0.15) is 0 Å². The van der Waals surface area contributed by atoms with Crippen molar-refractivity contribution in [2.24, 2.45) is 5.41 Å². The molecule has 1 aliphatic carbocycles. The highest BCUT2D eigenvalue weighted by Gasteiger charge is 2.37. The summed E-state index contributed by atoms with van der Waals surface area (Å²) in [6.45, 7) is 3.25. The largest absolute Gasteiger partial charge is 0.352 e. The standard InChI is InChI=1S/C11H13BrN4/c1-11(4-5-11)7-13-10-14-9-3-2-8(12)6-16(9)15-10/h2-3,6H,4-5,7H2,1H3,(H,13,15). The van der Waals surface area contributed by atoms with Gasteiger partial charge >= 0.3 is 0 Å². The molecule has 0 saturated heterocycles. The molecule has 0 unspecified atom stereocenters. The first-order chi connectivity index (χ1) is 7.65. The Bertz CT molecular complexity index is 530. The lowest BCUT2D eigenvalue weighted by Crippen LogP contribution is -2.12. The fourth-order valence-corrected chi connectivity index (χ4v) is 1.94. The lowest BCUT2D eigenvalue weighted by atomic mass is 10.1. The molecular weight excluding hydrogens is 268 g/mol. The van der Waals surface area contributed by atoms with Gasteiger partial charge in [0, 0.05) is 17.2 Å². The quantitative estimate of drug-likeness (QED) is 0.940. The van der Waals surface area contributed by atoms with Crippen LogP contribution in [0.25, 0.3) is 5.65 Å². The third-order valence-corrected chi connectivity index (χ3v) is 3.54. The minimum Gasteiger partial charge on any atom is -0.352 e. The molecule has 1 saturated carbocycles. The summed E-state index contributed by atoms with van der Waals surface area (Å²) in [5.41, 5.74) is 1.34. The first-order valence-electron chi connectivity index (χ1n) is 5.41. The van der Waals surface area contributed by atoms with E-state index in [1.165, 1.54) is 12.8 Å². The molecule has 0 aromatic carbocycles. The molecule has 16 heavy (non-hydrogen) atoms. The molecule has 5 heteroatoms. The summed E-state index contributed by atoms with van der Waals surface area (Å²) >= 11 is 3.41. The Kier molecular flexibility index (Phi) is 2.17. The Labute approximate surface area is 102 Å². The predicted molar refractivity (Wildman–Crippen MR) is 66.5 cm³/mol. The van der Waals surface area contributed by atoms with Crippen LogP contribution < -0.4 is 5.32 Å². The Morgan fingerprint density at radius 2 is 2.31 bits per heavy atom. The van der Waals surface area contributed by atoms with Gasteiger partial charge in [-0.2, -0.15) is 4.98 Å². The highest BCUT2D eigenvalue weighted by Crippen LogP contribution is 2.44. The molecule has 84 valence electrons. The lowest BCUT2D eigenvalue weighted by Gasteiger charge is -2.06. The second-order valence-electron chi connectivity index (χ2n) is 4.75. The number of hydrogen-bond donors (Lipinski definition) is 1. The first-order valence-corrected chi connectivity index (χ1v) is 6.20. The second kappa shape index (κ2) is 3.45. The Morgan fingerprint density at radius 1 is 1.50 bits per heavy atom.